The summed E-state index contributed by atoms with van der Waals surface area (Å²) in [4.78, 5) is 25.3. The second-order valence-electron chi connectivity index (χ2n) is 4.67. The van der Waals surface area contributed by atoms with Gasteiger partial charge >= 0.3 is 0 Å². The number of hydrogen-bond donors (Lipinski definition) is 0. The molecule has 0 atom stereocenters. The van der Waals surface area contributed by atoms with Gasteiger partial charge in [-0.15, -0.1) is 6.42 Å². The Kier molecular flexibility index (Phi) is 6.18. The van der Waals surface area contributed by atoms with Crippen LogP contribution in [0.25, 0.3) is 6.08 Å². The third kappa shape index (κ3) is 3.86. The Morgan fingerprint density at radius 1 is 1.29 bits per heavy atom. The molecule has 2 amide bonds. The first-order chi connectivity index (χ1) is 11.5. The first kappa shape index (κ1) is 18.2. The molecular weight excluding hydrogens is 350 g/mol. The summed E-state index contributed by atoms with van der Waals surface area (Å²) in [5, 5.41) is -0.0110. The van der Waals surface area contributed by atoms with Crippen LogP contribution in [-0.4, -0.2) is 35.8 Å². The fraction of sp³-hybridized carbons (Fsp3) is 0.294. The van der Waals surface area contributed by atoms with Crippen molar-refractivity contribution >= 4 is 40.6 Å². The first-order valence-electron chi connectivity index (χ1n) is 7.29. The third-order valence-corrected chi connectivity index (χ3v) is 4.23. The largest absolute Gasteiger partial charge is 0.490 e. The molecule has 24 heavy (non-hydrogen) atoms. The minimum absolute atomic E-state index is 0.0454. The molecule has 7 heteroatoms. The molecule has 1 aliphatic rings. The lowest BCUT2D eigenvalue weighted by Crippen LogP contribution is -2.28. The minimum Gasteiger partial charge on any atom is -0.490 e. The van der Waals surface area contributed by atoms with E-state index < -0.39 is 5.91 Å². The Bertz CT molecular complexity index is 739. The highest BCUT2D eigenvalue weighted by Crippen LogP contribution is 2.39. The lowest BCUT2D eigenvalue weighted by Gasteiger charge is -2.13. The molecule has 1 aliphatic heterocycles. The predicted molar refractivity (Wildman–Crippen MR) is 95.3 cm³/mol. The number of carbonyl (C=O) groups is 2. The van der Waals surface area contributed by atoms with E-state index in [2.05, 4.69) is 5.92 Å². The number of thioether (sulfide) groups is 1. The Morgan fingerprint density at radius 3 is 2.62 bits per heavy atom. The standard InChI is InChI=1S/C17H16ClNO4S/c1-4-7-19-16(20)14(24-17(19)21)10-11-8-12(18)15(23-6-3)13(9-11)22-5-2/h1,8-10H,5-7H2,2-3H3/b14-10+. The smallest absolute Gasteiger partial charge is 0.294 e. The number of hydrogen-bond acceptors (Lipinski definition) is 5. The van der Waals surface area contributed by atoms with Crippen molar-refractivity contribution in [1.29, 1.82) is 0 Å². The number of imide groups is 1. The number of nitrogens with zero attached hydrogens (tertiary/aromatic N) is 1. The van der Waals surface area contributed by atoms with Gasteiger partial charge in [-0.3, -0.25) is 14.5 Å². The van der Waals surface area contributed by atoms with Gasteiger partial charge in [-0.05, 0) is 49.4 Å². The van der Waals surface area contributed by atoms with E-state index in [1.807, 2.05) is 13.8 Å². The molecule has 0 unspecified atom stereocenters. The summed E-state index contributed by atoms with van der Waals surface area (Å²) in [7, 11) is 0. The quantitative estimate of drug-likeness (QED) is 0.566. The van der Waals surface area contributed by atoms with Gasteiger partial charge in [0.1, 0.15) is 0 Å². The van der Waals surface area contributed by atoms with Crippen LogP contribution in [-0.2, 0) is 4.79 Å². The molecule has 0 spiro atoms. The van der Waals surface area contributed by atoms with E-state index in [0.717, 1.165) is 16.7 Å². The van der Waals surface area contributed by atoms with Crippen molar-refractivity contribution in [2.24, 2.45) is 0 Å². The van der Waals surface area contributed by atoms with Crippen LogP contribution in [0.5, 0.6) is 11.5 Å². The summed E-state index contributed by atoms with van der Waals surface area (Å²) in [5.41, 5.74) is 0.637. The van der Waals surface area contributed by atoms with Gasteiger partial charge in [0.25, 0.3) is 11.1 Å². The molecule has 0 saturated carbocycles. The molecule has 1 fully saturated rings. The fourth-order valence-corrected chi connectivity index (χ4v) is 3.21. The number of rotatable bonds is 6. The Balaban J connectivity index is 2.38. The van der Waals surface area contributed by atoms with E-state index in [1.165, 1.54) is 0 Å². The molecular formula is C17H16ClNO4S. The van der Waals surface area contributed by atoms with Gasteiger partial charge < -0.3 is 9.47 Å². The molecule has 1 aromatic rings. The molecule has 0 N–H and O–H groups in total. The summed E-state index contributed by atoms with van der Waals surface area (Å²) in [6, 6.07) is 3.37. The van der Waals surface area contributed by atoms with Crippen molar-refractivity contribution in [3.8, 4) is 23.8 Å². The average Bonchev–Trinajstić information content (AvgIpc) is 2.79. The zero-order valence-electron chi connectivity index (χ0n) is 13.3. The fourth-order valence-electron chi connectivity index (χ4n) is 2.10. The van der Waals surface area contributed by atoms with Gasteiger partial charge in [-0.25, -0.2) is 0 Å². The van der Waals surface area contributed by atoms with E-state index in [4.69, 9.17) is 27.5 Å². The molecule has 126 valence electrons. The molecule has 1 saturated heterocycles. The SMILES string of the molecule is C#CCN1C(=O)S/C(=C/c2cc(Cl)c(OCC)c(OCC)c2)C1=O. The molecule has 0 bridgehead atoms. The van der Waals surface area contributed by atoms with Crippen molar-refractivity contribution in [3.05, 3.63) is 27.6 Å². The Labute approximate surface area is 149 Å². The van der Waals surface area contributed by atoms with Crippen molar-refractivity contribution < 1.29 is 19.1 Å². The lowest BCUT2D eigenvalue weighted by atomic mass is 10.1. The molecule has 2 rings (SSSR count). The highest BCUT2D eigenvalue weighted by Gasteiger charge is 2.34. The summed E-state index contributed by atoms with van der Waals surface area (Å²) in [6.07, 6.45) is 6.77. The van der Waals surface area contributed by atoms with Crippen LogP contribution >= 0.6 is 23.4 Å². The number of carbonyl (C=O) groups excluding carboxylic acids is 2. The van der Waals surface area contributed by atoms with Crippen LogP contribution in [0.15, 0.2) is 17.0 Å². The maximum absolute atomic E-state index is 12.2. The molecule has 1 heterocycles. The zero-order chi connectivity index (χ0) is 17.7. The van der Waals surface area contributed by atoms with Gasteiger partial charge in [-0.2, -0.15) is 0 Å². The van der Waals surface area contributed by atoms with Gasteiger partial charge in [0, 0.05) is 0 Å². The van der Waals surface area contributed by atoms with Gasteiger partial charge in [0.05, 0.1) is 29.7 Å². The molecule has 0 aliphatic carbocycles. The van der Waals surface area contributed by atoms with Crippen molar-refractivity contribution in [1.82, 2.24) is 4.90 Å². The number of amides is 2. The predicted octanol–water partition coefficient (Wildman–Crippen LogP) is 3.81. The second-order valence-corrected chi connectivity index (χ2v) is 6.07. The lowest BCUT2D eigenvalue weighted by molar-refractivity contribution is -0.122. The highest BCUT2D eigenvalue weighted by atomic mass is 35.5. The topological polar surface area (TPSA) is 55.8 Å². The van der Waals surface area contributed by atoms with Gasteiger partial charge in [-0.1, -0.05) is 17.5 Å². The van der Waals surface area contributed by atoms with Crippen molar-refractivity contribution in [2.75, 3.05) is 19.8 Å². The minimum atomic E-state index is -0.411. The monoisotopic (exact) mass is 365 g/mol. The molecule has 5 nitrogen and oxygen atoms in total. The second kappa shape index (κ2) is 8.13. The van der Waals surface area contributed by atoms with E-state index in [0.29, 0.717) is 35.3 Å². The number of ether oxygens (including phenoxy) is 2. The highest BCUT2D eigenvalue weighted by molar-refractivity contribution is 8.18. The maximum atomic E-state index is 12.2. The van der Waals surface area contributed by atoms with Gasteiger partial charge in [0.15, 0.2) is 11.5 Å². The van der Waals surface area contributed by atoms with Crippen LogP contribution < -0.4 is 9.47 Å². The van der Waals surface area contributed by atoms with E-state index in [1.54, 1.807) is 18.2 Å². The summed E-state index contributed by atoms with van der Waals surface area (Å²) in [6.45, 7) is 4.54. The van der Waals surface area contributed by atoms with Gasteiger partial charge in [0.2, 0.25) is 0 Å². The van der Waals surface area contributed by atoms with Crippen LogP contribution in [0.4, 0.5) is 4.79 Å². The van der Waals surface area contributed by atoms with Crippen LogP contribution in [0.2, 0.25) is 5.02 Å². The number of benzene rings is 1. The Hall–Kier alpha value is -2.10. The molecule has 1 aromatic carbocycles. The zero-order valence-corrected chi connectivity index (χ0v) is 14.9. The van der Waals surface area contributed by atoms with E-state index in [-0.39, 0.29) is 16.7 Å². The number of terminal acetylenes is 1. The summed E-state index contributed by atoms with van der Waals surface area (Å²) >= 11 is 7.09. The first-order valence-corrected chi connectivity index (χ1v) is 8.49. The molecule has 0 aromatic heterocycles. The summed E-state index contributed by atoms with van der Waals surface area (Å²) < 4.78 is 11.0. The maximum Gasteiger partial charge on any atom is 0.294 e. The number of halogens is 1. The van der Waals surface area contributed by atoms with E-state index >= 15 is 0 Å². The summed E-state index contributed by atoms with van der Waals surface area (Å²) in [5.74, 6) is 2.83. The van der Waals surface area contributed by atoms with Crippen LogP contribution in [0.1, 0.15) is 19.4 Å². The van der Waals surface area contributed by atoms with E-state index in [9.17, 15) is 9.59 Å². The third-order valence-electron chi connectivity index (χ3n) is 3.04. The molecule has 0 radical (unpaired) electrons. The van der Waals surface area contributed by atoms with Crippen LogP contribution in [0.3, 0.4) is 0 Å². The van der Waals surface area contributed by atoms with Crippen molar-refractivity contribution in [3.63, 3.8) is 0 Å². The van der Waals surface area contributed by atoms with Crippen molar-refractivity contribution in [2.45, 2.75) is 13.8 Å². The van der Waals surface area contributed by atoms with Crippen LogP contribution in [0, 0.1) is 12.3 Å². The normalized spacial score (nSPS) is 15.8. The average molecular weight is 366 g/mol. The Morgan fingerprint density at radius 2 is 2.00 bits per heavy atom.